The summed E-state index contributed by atoms with van der Waals surface area (Å²) in [6.45, 7) is 2.22. The molecule has 3 aromatic carbocycles. The van der Waals surface area contributed by atoms with Crippen LogP contribution in [0.4, 0.5) is 0 Å². The number of rotatable bonds is 6. The van der Waals surface area contributed by atoms with Crippen LogP contribution in [0, 0.1) is 0 Å². The van der Waals surface area contributed by atoms with Crippen molar-refractivity contribution >= 4 is 16.3 Å². The van der Waals surface area contributed by atoms with E-state index >= 15 is 0 Å². The quantitative estimate of drug-likeness (QED) is 0.299. The molecule has 5 rings (SSSR count). The van der Waals surface area contributed by atoms with E-state index in [-0.39, 0.29) is 0 Å². The maximum atomic E-state index is 5.40. The number of aryl methyl sites for hydroxylation is 1. The fourth-order valence-corrected chi connectivity index (χ4v) is 4.34. The lowest BCUT2D eigenvalue weighted by Gasteiger charge is -2.17. The Morgan fingerprint density at radius 2 is 1.52 bits per heavy atom. The van der Waals surface area contributed by atoms with E-state index in [1.165, 1.54) is 16.3 Å². The average Bonchev–Trinajstić information content (AvgIpc) is 3.26. The largest absolute Gasteiger partial charge is 0.497 e. The van der Waals surface area contributed by atoms with Crippen molar-refractivity contribution in [2.75, 3.05) is 7.11 Å². The molecule has 2 heterocycles. The lowest BCUT2D eigenvalue weighted by Crippen LogP contribution is -2.00. The van der Waals surface area contributed by atoms with Crippen LogP contribution in [0.25, 0.3) is 38.7 Å². The molecule has 0 amide bonds. The zero-order chi connectivity index (χ0) is 21.2. The first-order valence-corrected chi connectivity index (χ1v) is 10.9. The van der Waals surface area contributed by atoms with E-state index in [2.05, 4.69) is 84.2 Å². The number of methoxy groups -OCH3 is 1. The molecule has 5 aromatic rings. The van der Waals surface area contributed by atoms with Crippen LogP contribution in [0.15, 0.2) is 84.9 Å². The summed E-state index contributed by atoms with van der Waals surface area (Å²) in [4.78, 5) is 0. The molecule has 3 nitrogen and oxygen atoms in total. The van der Waals surface area contributed by atoms with Gasteiger partial charge in [-0.25, -0.2) is 4.52 Å². The molecular formula is C28H26N2O. The Hall–Kier alpha value is -3.59. The second kappa shape index (κ2) is 8.27. The molecule has 0 radical (unpaired) electrons. The lowest BCUT2D eigenvalue weighted by molar-refractivity contribution is 0.415. The van der Waals surface area contributed by atoms with Gasteiger partial charge in [0.15, 0.2) is 0 Å². The van der Waals surface area contributed by atoms with Crippen LogP contribution in [-0.2, 0) is 6.42 Å². The molecule has 0 unspecified atom stereocenters. The van der Waals surface area contributed by atoms with Crippen LogP contribution in [0.1, 0.15) is 25.5 Å². The standard InChI is InChI=1S/C28H26N2O/c1-3-4-12-22-19-26-24-13-8-9-14-25(24)27(20-15-17-23(31-2)18-16-20)28(30(26)29-22)21-10-6-5-7-11-21/h5-11,13-19H,3-4,12H2,1-2H3. The molecule has 154 valence electrons. The molecule has 0 saturated carbocycles. The van der Waals surface area contributed by atoms with Gasteiger partial charge in [-0.15, -0.1) is 0 Å². The van der Waals surface area contributed by atoms with Crippen molar-refractivity contribution in [2.24, 2.45) is 0 Å². The molecular weight excluding hydrogens is 380 g/mol. The minimum absolute atomic E-state index is 0.858. The summed E-state index contributed by atoms with van der Waals surface area (Å²) in [5, 5.41) is 7.55. The monoisotopic (exact) mass is 406 g/mol. The van der Waals surface area contributed by atoms with Crippen LogP contribution in [-0.4, -0.2) is 16.7 Å². The van der Waals surface area contributed by atoms with Gasteiger partial charge in [0.25, 0.3) is 0 Å². The first-order chi connectivity index (χ1) is 15.3. The van der Waals surface area contributed by atoms with E-state index in [1.807, 2.05) is 12.1 Å². The van der Waals surface area contributed by atoms with Gasteiger partial charge in [0.1, 0.15) is 5.75 Å². The topological polar surface area (TPSA) is 26.5 Å². The lowest BCUT2D eigenvalue weighted by atomic mass is 9.93. The Morgan fingerprint density at radius 3 is 2.23 bits per heavy atom. The number of aromatic nitrogens is 2. The van der Waals surface area contributed by atoms with Crippen molar-refractivity contribution < 1.29 is 4.74 Å². The minimum atomic E-state index is 0.858. The molecule has 0 spiro atoms. The van der Waals surface area contributed by atoms with Gasteiger partial charge in [-0.1, -0.05) is 80.1 Å². The van der Waals surface area contributed by atoms with Crippen molar-refractivity contribution in [3.8, 4) is 28.1 Å². The van der Waals surface area contributed by atoms with E-state index in [9.17, 15) is 0 Å². The number of pyridine rings is 1. The number of benzene rings is 3. The number of fused-ring (bicyclic) bond motifs is 3. The van der Waals surface area contributed by atoms with Gasteiger partial charge in [0.2, 0.25) is 0 Å². The minimum Gasteiger partial charge on any atom is -0.497 e. The van der Waals surface area contributed by atoms with E-state index in [1.54, 1.807) is 7.11 Å². The van der Waals surface area contributed by atoms with Crippen LogP contribution >= 0.6 is 0 Å². The highest BCUT2D eigenvalue weighted by atomic mass is 16.5. The normalized spacial score (nSPS) is 11.3. The molecule has 0 atom stereocenters. The van der Waals surface area contributed by atoms with Gasteiger partial charge in [0.05, 0.1) is 24.0 Å². The molecule has 2 aromatic heterocycles. The molecule has 0 fully saturated rings. The smallest absolute Gasteiger partial charge is 0.118 e. The second-order valence-electron chi connectivity index (χ2n) is 7.90. The fourth-order valence-electron chi connectivity index (χ4n) is 4.34. The molecule has 0 N–H and O–H groups in total. The molecule has 0 aliphatic heterocycles. The molecule has 0 aliphatic rings. The number of ether oxygens (including phenoxy) is 1. The predicted molar refractivity (Wildman–Crippen MR) is 129 cm³/mol. The van der Waals surface area contributed by atoms with E-state index < -0.39 is 0 Å². The zero-order valence-electron chi connectivity index (χ0n) is 18.0. The number of hydrogen-bond donors (Lipinski definition) is 0. The second-order valence-corrected chi connectivity index (χ2v) is 7.90. The zero-order valence-corrected chi connectivity index (χ0v) is 18.0. The summed E-state index contributed by atoms with van der Waals surface area (Å²) in [6, 6.07) is 29.8. The molecule has 0 aliphatic carbocycles. The Morgan fingerprint density at radius 1 is 0.806 bits per heavy atom. The van der Waals surface area contributed by atoms with Gasteiger partial charge in [-0.05, 0) is 42.0 Å². The third-order valence-corrected chi connectivity index (χ3v) is 5.89. The number of nitrogens with zero attached hydrogens (tertiary/aromatic N) is 2. The summed E-state index contributed by atoms with van der Waals surface area (Å²) >= 11 is 0. The van der Waals surface area contributed by atoms with Crippen molar-refractivity contribution in [1.82, 2.24) is 9.61 Å². The van der Waals surface area contributed by atoms with Gasteiger partial charge in [0, 0.05) is 16.5 Å². The van der Waals surface area contributed by atoms with E-state index in [0.717, 1.165) is 53.0 Å². The van der Waals surface area contributed by atoms with Gasteiger partial charge in [-0.3, -0.25) is 0 Å². The van der Waals surface area contributed by atoms with Gasteiger partial charge < -0.3 is 4.74 Å². The summed E-state index contributed by atoms with van der Waals surface area (Å²) in [7, 11) is 1.70. The first kappa shape index (κ1) is 19.4. The Balaban J connectivity index is 1.90. The SMILES string of the molecule is CCCCc1cc2c3ccccc3c(-c3ccc(OC)cc3)c(-c3ccccc3)n2n1. The van der Waals surface area contributed by atoms with Crippen molar-refractivity contribution in [2.45, 2.75) is 26.2 Å². The van der Waals surface area contributed by atoms with Crippen molar-refractivity contribution in [1.29, 1.82) is 0 Å². The third kappa shape index (κ3) is 3.46. The summed E-state index contributed by atoms with van der Waals surface area (Å²) in [5.41, 5.74) is 6.95. The van der Waals surface area contributed by atoms with E-state index in [0.29, 0.717) is 0 Å². The Kier molecular flexibility index (Phi) is 5.17. The van der Waals surface area contributed by atoms with Gasteiger partial charge >= 0.3 is 0 Å². The predicted octanol–water partition coefficient (Wildman–Crippen LogP) is 7.17. The van der Waals surface area contributed by atoms with Crippen LogP contribution in [0.5, 0.6) is 5.75 Å². The number of unbranched alkanes of at least 4 members (excludes halogenated alkanes) is 1. The van der Waals surface area contributed by atoms with Crippen molar-refractivity contribution in [3.05, 3.63) is 90.6 Å². The average molecular weight is 407 g/mol. The molecule has 3 heteroatoms. The third-order valence-electron chi connectivity index (χ3n) is 5.89. The number of hydrogen-bond acceptors (Lipinski definition) is 2. The maximum Gasteiger partial charge on any atom is 0.118 e. The summed E-state index contributed by atoms with van der Waals surface area (Å²) in [6.07, 6.45) is 3.31. The Bertz CT molecular complexity index is 1330. The Labute approximate surface area is 182 Å². The maximum absolute atomic E-state index is 5.40. The highest BCUT2D eigenvalue weighted by Crippen LogP contribution is 2.40. The molecule has 31 heavy (non-hydrogen) atoms. The fraction of sp³-hybridized carbons (Fsp3) is 0.179. The van der Waals surface area contributed by atoms with Gasteiger partial charge in [-0.2, -0.15) is 5.10 Å². The molecule has 0 saturated heterocycles. The first-order valence-electron chi connectivity index (χ1n) is 10.9. The highest BCUT2D eigenvalue weighted by molar-refractivity contribution is 6.09. The van der Waals surface area contributed by atoms with E-state index in [4.69, 9.17) is 9.84 Å². The van der Waals surface area contributed by atoms with Crippen LogP contribution in [0.3, 0.4) is 0 Å². The summed E-state index contributed by atoms with van der Waals surface area (Å²) < 4.78 is 7.56. The van der Waals surface area contributed by atoms with Crippen LogP contribution < -0.4 is 4.74 Å². The summed E-state index contributed by atoms with van der Waals surface area (Å²) in [5.74, 6) is 0.858. The highest BCUT2D eigenvalue weighted by Gasteiger charge is 2.19. The van der Waals surface area contributed by atoms with Crippen molar-refractivity contribution in [3.63, 3.8) is 0 Å². The molecule has 0 bridgehead atoms. The van der Waals surface area contributed by atoms with Crippen LogP contribution in [0.2, 0.25) is 0 Å².